The van der Waals surface area contributed by atoms with Crippen LogP contribution < -0.4 is 5.73 Å². The molecule has 0 aromatic rings. The number of hydrogen-bond acceptors (Lipinski definition) is 4. The number of carboxylic acids is 1. The Bertz CT molecular complexity index is 259. The van der Waals surface area contributed by atoms with E-state index in [2.05, 4.69) is 4.99 Å². The summed E-state index contributed by atoms with van der Waals surface area (Å²) in [7, 11) is 1.47. The Morgan fingerprint density at radius 2 is 2.29 bits per heavy atom. The van der Waals surface area contributed by atoms with Crippen LogP contribution in [0.3, 0.4) is 0 Å². The summed E-state index contributed by atoms with van der Waals surface area (Å²) in [6.07, 6.45) is 1.37. The number of aliphatic carboxylic acids is 1. The monoisotopic (exact) mass is 200 g/mol. The fourth-order valence-corrected chi connectivity index (χ4v) is 0.696. The first-order valence-electron chi connectivity index (χ1n) is 4.24. The molecule has 0 rings (SSSR count). The average molecular weight is 200 g/mol. The van der Waals surface area contributed by atoms with Crippen LogP contribution in [0.4, 0.5) is 0 Å². The standard InChI is InChI=1S/C9H16N2O3/c1-6(5-10)11-8(9(12)13)4-7(2)14-3/h4,6H,5,10H2,1-3H3,(H,12,13)/b7-4+,11-8+. The SMILES string of the molecule is CO/C(C)=C/C(=N\C(C)CN)C(=O)O. The molecule has 0 spiro atoms. The zero-order valence-corrected chi connectivity index (χ0v) is 8.65. The van der Waals surface area contributed by atoms with Gasteiger partial charge in [-0.1, -0.05) is 0 Å². The van der Waals surface area contributed by atoms with Gasteiger partial charge >= 0.3 is 5.97 Å². The molecule has 0 bridgehead atoms. The van der Waals surface area contributed by atoms with Crippen molar-refractivity contribution >= 4 is 11.7 Å². The molecule has 80 valence electrons. The number of allylic oxidation sites excluding steroid dienone is 1. The number of hydrogen-bond donors (Lipinski definition) is 2. The van der Waals surface area contributed by atoms with E-state index in [1.165, 1.54) is 13.2 Å². The number of rotatable bonds is 5. The molecule has 0 fully saturated rings. The van der Waals surface area contributed by atoms with Gasteiger partial charge in [0.2, 0.25) is 0 Å². The van der Waals surface area contributed by atoms with Gasteiger partial charge in [0, 0.05) is 12.6 Å². The summed E-state index contributed by atoms with van der Waals surface area (Å²) in [4.78, 5) is 14.6. The molecule has 1 unspecified atom stereocenters. The molecule has 14 heavy (non-hydrogen) atoms. The molecular formula is C9H16N2O3. The summed E-state index contributed by atoms with van der Waals surface area (Å²) >= 11 is 0. The van der Waals surface area contributed by atoms with Crippen LogP contribution in [-0.2, 0) is 9.53 Å². The predicted molar refractivity (Wildman–Crippen MR) is 54.4 cm³/mol. The maximum absolute atomic E-state index is 10.7. The highest BCUT2D eigenvalue weighted by atomic mass is 16.5. The third-order valence-electron chi connectivity index (χ3n) is 1.58. The van der Waals surface area contributed by atoms with Crippen LogP contribution in [0.25, 0.3) is 0 Å². The van der Waals surface area contributed by atoms with E-state index in [0.717, 1.165) is 0 Å². The van der Waals surface area contributed by atoms with Gasteiger partial charge in [0.05, 0.1) is 18.9 Å². The lowest BCUT2D eigenvalue weighted by atomic mass is 10.3. The van der Waals surface area contributed by atoms with Crippen molar-refractivity contribution in [3.8, 4) is 0 Å². The molecule has 0 amide bonds. The molecule has 0 heterocycles. The van der Waals surface area contributed by atoms with E-state index in [-0.39, 0.29) is 11.8 Å². The third-order valence-corrected chi connectivity index (χ3v) is 1.58. The molecule has 0 saturated heterocycles. The van der Waals surface area contributed by atoms with E-state index in [0.29, 0.717) is 12.3 Å². The van der Waals surface area contributed by atoms with E-state index in [4.69, 9.17) is 15.6 Å². The minimum atomic E-state index is -1.08. The maximum atomic E-state index is 10.7. The Morgan fingerprint density at radius 1 is 1.71 bits per heavy atom. The smallest absolute Gasteiger partial charge is 0.354 e. The highest BCUT2D eigenvalue weighted by molar-refractivity contribution is 6.40. The molecule has 5 nitrogen and oxygen atoms in total. The van der Waals surface area contributed by atoms with Crippen molar-refractivity contribution in [2.75, 3.05) is 13.7 Å². The van der Waals surface area contributed by atoms with Gasteiger partial charge in [-0.3, -0.25) is 4.99 Å². The summed E-state index contributed by atoms with van der Waals surface area (Å²) in [5, 5.41) is 8.79. The fraction of sp³-hybridized carbons (Fsp3) is 0.556. The van der Waals surface area contributed by atoms with Crippen molar-refractivity contribution in [3.63, 3.8) is 0 Å². The third kappa shape index (κ3) is 4.61. The minimum absolute atomic E-state index is 0.0395. The highest BCUT2D eigenvalue weighted by Crippen LogP contribution is 1.97. The molecular weight excluding hydrogens is 184 g/mol. The van der Waals surface area contributed by atoms with Crippen LogP contribution in [0.1, 0.15) is 13.8 Å². The lowest BCUT2D eigenvalue weighted by molar-refractivity contribution is -0.129. The molecule has 1 atom stereocenters. The second kappa shape index (κ2) is 6.15. The van der Waals surface area contributed by atoms with Gasteiger partial charge < -0.3 is 15.6 Å². The van der Waals surface area contributed by atoms with Crippen molar-refractivity contribution in [2.45, 2.75) is 19.9 Å². The van der Waals surface area contributed by atoms with Gasteiger partial charge in [-0.15, -0.1) is 0 Å². The van der Waals surface area contributed by atoms with Crippen LogP contribution in [0.15, 0.2) is 16.8 Å². The Morgan fingerprint density at radius 3 is 2.64 bits per heavy atom. The lowest BCUT2D eigenvalue weighted by Crippen LogP contribution is -2.19. The van der Waals surface area contributed by atoms with Gasteiger partial charge in [0.1, 0.15) is 5.71 Å². The molecule has 0 aliphatic rings. The van der Waals surface area contributed by atoms with Gasteiger partial charge in [0.25, 0.3) is 0 Å². The van der Waals surface area contributed by atoms with E-state index < -0.39 is 5.97 Å². The van der Waals surface area contributed by atoms with Gasteiger partial charge in [-0.25, -0.2) is 4.79 Å². The molecule has 0 aliphatic carbocycles. The summed E-state index contributed by atoms with van der Waals surface area (Å²) in [6, 6.07) is -0.206. The number of carboxylic acid groups (broad SMARTS) is 1. The first kappa shape index (κ1) is 12.6. The fourth-order valence-electron chi connectivity index (χ4n) is 0.696. The van der Waals surface area contributed by atoms with Crippen molar-refractivity contribution in [2.24, 2.45) is 10.7 Å². The zero-order valence-electron chi connectivity index (χ0n) is 8.65. The molecule has 0 radical (unpaired) electrons. The summed E-state index contributed by atoms with van der Waals surface area (Å²) in [5.41, 5.74) is 5.29. The van der Waals surface area contributed by atoms with Crippen LogP contribution >= 0.6 is 0 Å². The largest absolute Gasteiger partial charge is 0.501 e. The van der Waals surface area contributed by atoms with E-state index in [1.807, 2.05) is 0 Å². The second-order valence-electron chi connectivity index (χ2n) is 2.86. The van der Waals surface area contributed by atoms with E-state index in [9.17, 15) is 4.79 Å². The summed E-state index contributed by atoms with van der Waals surface area (Å²) in [6.45, 7) is 3.72. The van der Waals surface area contributed by atoms with Crippen molar-refractivity contribution < 1.29 is 14.6 Å². The second-order valence-corrected chi connectivity index (χ2v) is 2.86. The number of nitrogens with zero attached hydrogens (tertiary/aromatic N) is 1. The highest BCUT2D eigenvalue weighted by Gasteiger charge is 2.08. The van der Waals surface area contributed by atoms with Crippen LogP contribution in [-0.4, -0.2) is 36.5 Å². The Kier molecular flexibility index (Phi) is 5.55. The van der Waals surface area contributed by atoms with Gasteiger partial charge in [0.15, 0.2) is 0 Å². The number of ether oxygens (including phenoxy) is 1. The molecule has 0 saturated carbocycles. The first-order valence-corrected chi connectivity index (χ1v) is 4.24. The average Bonchev–Trinajstić information content (AvgIpc) is 2.16. The van der Waals surface area contributed by atoms with Crippen LogP contribution in [0.5, 0.6) is 0 Å². The molecule has 5 heteroatoms. The van der Waals surface area contributed by atoms with Crippen molar-refractivity contribution in [1.29, 1.82) is 0 Å². The number of nitrogens with two attached hydrogens (primary N) is 1. The molecule has 0 aliphatic heterocycles. The Hall–Kier alpha value is -1.36. The maximum Gasteiger partial charge on any atom is 0.354 e. The predicted octanol–water partition coefficient (Wildman–Crippen LogP) is 0.409. The normalized spacial score (nSPS) is 15.1. The van der Waals surface area contributed by atoms with Gasteiger partial charge in [-0.2, -0.15) is 0 Å². The van der Waals surface area contributed by atoms with Gasteiger partial charge in [-0.05, 0) is 13.8 Å². The molecule has 3 N–H and O–H groups in total. The van der Waals surface area contributed by atoms with Crippen molar-refractivity contribution in [1.82, 2.24) is 0 Å². The number of aliphatic imine (C=N–C) groups is 1. The number of carbonyl (C=O) groups is 1. The quantitative estimate of drug-likeness (QED) is 0.497. The van der Waals surface area contributed by atoms with Crippen molar-refractivity contribution in [3.05, 3.63) is 11.8 Å². The summed E-state index contributed by atoms with van der Waals surface area (Å²) in [5.74, 6) is -0.586. The summed E-state index contributed by atoms with van der Waals surface area (Å²) < 4.78 is 4.83. The van der Waals surface area contributed by atoms with Crippen LogP contribution in [0.2, 0.25) is 0 Å². The van der Waals surface area contributed by atoms with Crippen LogP contribution in [0, 0.1) is 0 Å². The van der Waals surface area contributed by atoms with E-state index >= 15 is 0 Å². The minimum Gasteiger partial charge on any atom is -0.501 e. The molecule has 0 aromatic carbocycles. The first-order chi connectivity index (χ1) is 6.51. The lowest BCUT2D eigenvalue weighted by Gasteiger charge is -2.04. The Labute approximate surface area is 83.3 Å². The van der Waals surface area contributed by atoms with E-state index in [1.54, 1.807) is 13.8 Å². The zero-order chi connectivity index (χ0) is 11.1. The number of methoxy groups -OCH3 is 1. The molecule has 0 aromatic heterocycles. The topological polar surface area (TPSA) is 84.9 Å². The Balaban J connectivity index is 4.78.